The zero-order chi connectivity index (χ0) is 11.5. The van der Waals surface area contributed by atoms with Crippen LogP contribution in [0.5, 0.6) is 0 Å². The summed E-state index contributed by atoms with van der Waals surface area (Å²) >= 11 is 7.80. The molecule has 2 heterocycles. The molecule has 0 atom stereocenters. The summed E-state index contributed by atoms with van der Waals surface area (Å²) in [5.74, 6) is 0.782. The average Bonchev–Trinajstić information content (AvgIpc) is 2.85. The number of hydrogen-bond donors (Lipinski definition) is 1. The highest BCUT2D eigenvalue weighted by atomic mass is 35.5. The second-order valence-corrected chi connectivity index (χ2v) is 4.73. The number of nitrogens with zero attached hydrogens (tertiary/aromatic N) is 1. The van der Waals surface area contributed by atoms with Crippen molar-refractivity contribution in [2.24, 2.45) is 0 Å². The Hall–Kier alpha value is -0.840. The lowest BCUT2D eigenvalue weighted by atomic mass is 10.2. The lowest BCUT2D eigenvalue weighted by Crippen LogP contribution is -2.12. The summed E-state index contributed by atoms with van der Waals surface area (Å²) in [7, 11) is 0. The third-order valence-corrected chi connectivity index (χ3v) is 3.98. The van der Waals surface area contributed by atoms with Crippen LogP contribution >= 0.6 is 22.9 Å². The molecule has 0 aromatic carbocycles. The summed E-state index contributed by atoms with van der Waals surface area (Å²) < 4.78 is 5.42. The van der Waals surface area contributed by atoms with Crippen molar-refractivity contribution >= 4 is 22.9 Å². The van der Waals surface area contributed by atoms with Crippen molar-refractivity contribution < 1.29 is 4.42 Å². The predicted octanol–water partition coefficient (Wildman–Crippen LogP) is 3.47. The van der Waals surface area contributed by atoms with Gasteiger partial charge in [-0.3, -0.25) is 0 Å². The van der Waals surface area contributed by atoms with E-state index in [1.807, 2.05) is 12.3 Å². The van der Waals surface area contributed by atoms with E-state index < -0.39 is 0 Å². The summed E-state index contributed by atoms with van der Waals surface area (Å²) in [6.07, 6.45) is 1.47. The minimum atomic E-state index is 0.704. The van der Waals surface area contributed by atoms with Gasteiger partial charge in [0.15, 0.2) is 12.2 Å². The molecule has 0 unspecified atom stereocenters. The molecule has 2 aromatic heterocycles. The van der Waals surface area contributed by atoms with Crippen LogP contribution in [0.25, 0.3) is 10.6 Å². The van der Waals surface area contributed by atoms with Gasteiger partial charge in [0, 0.05) is 6.54 Å². The van der Waals surface area contributed by atoms with Gasteiger partial charge in [-0.2, -0.15) is 0 Å². The van der Waals surface area contributed by atoms with Gasteiger partial charge in [0.1, 0.15) is 5.69 Å². The van der Waals surface area contributed by atoms with E-state index in [1.165, 1.54) is 6.39 Å². The number of nitrogens with one attached hydrogen (secondary N) is 1. The van der Waals surface area contributed by atoms with Gasteiger partial charge in [-0.25, -0.2) is 4.98 Å². The van der Waals surface area contributed by atoms with Gasteiger partial charge in [0.05, 0.1) is 9.90 Å². The Balaban J connectivity index is 2.33. The van der Waals surface area contributed by atoms with Gasteiger partial charge >= 0.3 is 0 Å². The fourth-order valence-electron chi connectivity index (χ4n) is 1.41. The van der Waals surface area contributed by atoms with Crippen LogP contribution in [0, 0.1) is 6.92 Å². The Morgan fingerprint density at radius 2 is 2.38 bits per heavy atom. The molecule has 16 heavy (non-hydrogen) atoms. The number of thiophene rings is 1. The molecule has 5 heteroatoms. The molecule has 3 nitrogen and oxygen atoms in total. The first-order chi connectivity index (χ1) is 7.74. The standard InChI is InChI=1S/C11H13ClN2OS/c1-3-13-4-8-10(15-6-14-8)11-9(12)7(2)5-16-11/h5-6,13H,3-4H2,1-2H3. The molecule has 0 radical (unpaired) electrons. The van der Waals surface area contributed by atoms with E-state index in [1.54, 1.807) is 11.3 Å². The molecular weight excluding hydrogens is 244 g/mol. The van der Waals surface area contributed by atoms with Crippen molar-refractivity contribution in [3.8, 4) is 10.6 Å². The molecule has 0 aliphatic rings. The first-order valence-electron chi connectivity index (χ1n) is 5.11. The Kier molecular flexibility index (Phi) is 3.63. The van der Waals surface area contributed by atoms with Crippen LogP contribution in [0.1, 0.15) is 18.2 Å². The van der Waals surface area contributed by atoms with Gasteiger partial charge in [0.2, 0.25) is 0 Å². The summed E-state index contributed by atoms with van der Waals surface area (Å²) in [6, 6.07) is 0. The van der Waals surface area contributed by atoms with Crippen LogP contribution in [0.3, 0.4) is 0 Å². The van der Waals surface area contributed by atoms with E-state index in [9.17, 15) is 0 Å². The number of halogens is 1. The fourth-order valence-corrected chi connectivity index (χ4v) is 2.69. The Morgan fingerprint density at radius 1 is 1.56 bits per heavy atom. The minimum absolute atomic E-state index is 0.704. The van der Waals surface area contributed by atoms with Crippen LogP contribution < -0.4 is 5.32 Å². The van der Waals surface area contributed by atoms with E-state index in [2.05, 4.69) is 17.2 Å². The summed E-state index contributed by atoms with van der Waals surface area (Å²) in [6.45, 7) is 5.66. The number of aryl methyl sites for hydroxylation is 1. The third-order valence-electron chi connectivity index (χ3n) is 2.29. The largest absolute Gasteiger partial charge is 0.442 e. The molecule has 2 rings (SSSR count). The second-order valence-electron chi connectivity index (χ2n) is 3.47. The smallest absolute Gasteiger partial charge is 0.181 e. The zero-order valence-electron chi connectivity index (χ0n) is 9.21. The summed E-state index contributed by atoms with van der Waals surface area (Å²) in [5.41, 5.74) is 1.98. The third kappa shape index (κ3) is 2.14. The normalized spacial score (nSPS) is 10.9. The maximum absolute atomic E-state index is 6.21. The molecule has 0 saturated heterocycles. The van der Waals surface area contributed by atoms with Crippen LogP contribution in [-0.4, -0.2) is 11.5 Å². The van der Waals surface area contributed by atoms with Crippen molar-refractivity contribution in [2.75, 3.05) is 6.54 Å². The van der Waals surface area contributed by atoms with Crippen LogP contribution in [0.4, 0.5) is 0 Å². The molecule has 2 aromatic rings. The van der Waals surface area contributed by atoms with Gasteiger partial charge in [-0.15, -0.1) is 11.3 Å². The molecule has 1 N–H and O–H groups in total. The van der Waals surface area contributed by atoms with Crippen LogP contribution in [0.2, 0.25) is 5.02 Å². The first-order valence-corrected chi connectivity index (χ1v) is 6.36. The number of hydrogen-bond acceptors (Lipinski definition) is 4. The monoisotopic (exact) mass is 256 g/mol. The van der Waals surface area contributed by atoms with E-state index in [-0.39, 0.29) is 0 Å². The highest BCUT2D eigenvalue weighted by molar-refractivity contribution is 7.14. The highest BCUT2D eigenvalue weighted by Crippen LogP contribution is 2.37. The molecule has 0 spiro atoms. The zero-order valence-corrected chi connectivity index (χ0v) is 10.8. The Bertz CT molecular complexity index is 478. The van der Waals surface area contributed by atoms with Crippen molar-refractivity contribution in [3.63, 3.8) is 0 Å². The number of rotatable bonds is 4. The van der Waals surface area contributed by atoms with E-state index in [0.717, 1.165) is 33.5 Å². The van der Waals surface area contributed by atoms with Gasteiger partial charge in [-0.1, -0.05) is 18.5 Å². The summed E-state index contributed by atoms with van der Waals surface area (Å²) in [5, 5.41) is 6.01. The van der Waals surface area contributed by atoms with Crippen molar-refractivity contribution in [3.05, 3.63) is 28.1 Å². The maximum Gasteiger partial charge on any atom is 0.181 e. The number of oxazole rings is 1. The molecule has 0 aliphatic heterocycles. The highest BCUT2D eigenvalue weighted by Gasteiger charge is 2.16. The van der Waals surface area contributed by atoms with Crippen LogP contribution in [-0.2, 0) is 6.54 Å². The first kappa shape index (κ1) is 11.6. The van der Waals surface area contributed by atoms with Gasteiger partial charge in [-0.05, 0) is 24.4 Å². The van der Waals surface area contributed by atoms with Crippen molar-refractivity contribution in [2.45, 2.75) is 20.4 Å². The second kappa shape index (κ2) is 4.99. The number of aromatic nitrogens is 1. The molecule has 86 valence electrons. The molecule has 0 amide bonds. The lowest BCUT2D eigenvalue weighted by Gasteiger charge is -2.00. The van der Waals surface area contributed by atoms with Gasteiger partial charge in [0.25, 0.3) is 0 Å². The Labute approximate surface area is 103 Å². The predicted molar refractivity (Wildman–Crippen MR) is 66.9 cm³/mol. The molecule has 0 aliphatic carbocycles. The van der Waals surface area contributed by atoms with E-state index in [4.69, 9.17) is 16.0 Å². The molecule has 0 bridgehead atoms. The maximum atomic E-state index is 6.21. The molecule has 0 saturated carbocycles. The lowest BCUT2D eigenvalue weighted by molar-refractivity contribution is 0.571. The SMILES string of the molecule is CCNCc1ncoc1-c1scc(C)c1Cl. The summed E-state index contributed by atoms with van der Waals surface area (Å²) in [4.78, 5) is 5.16. The molecule has 0 fully saturated rings. The van der Waals surface area contributed by atoms with Crippen molar-refractivity contribution in [1.29, 1.82) is 0 Å². The topological polar surface area (TPSA) is 38.1 Å². The van der Waals surface area contributed by atoms with E-state index in [0.29, 0.717) is 6.54 Å². The Morgan fingerprint density at radius 3 is 3.00 bits per heavy atom. The minimum Gasteiger partial charge on any atom is -0.442 e. The fraction of sp³-hybridized carbons (Fsp3) is 0.364. The average molecular weight is 257 g/mol. The van der Waals surface area contributed by atoms with Crippen LogP contribution in [0.15, 0.2) is 16.2 Å². The molecular formula is C11H13ClN2OS. The quantitative estimate of drug-likeness (QED) is 0.910. The van der Waals surface area contributed by atoms with Gasteiger partial charge < -0.3 is 9.73 Å². The van der Waals surface area contributed by atoms with E-state index >= 15 is 0 Å². The van der Waals surface area contributed by atoms with Crippen molar-refractivity contribution in [1.82, 2.24) is 10.3 Å².